The zero-order chi connectivity index (χ0) is 14.5. The highest BCUT2D eigenvalue weighted by Gasteiger charge is 2.31. The van der Waals surface area contributed by atoms with Crippen molar-refractivity contribution in [3.05, 3.63) is 35.9 Å². The van der Waals surface area contributed by atoms with Gasteiger partial charge >= 0.3 is 0 Å². The quantitative estimate of drug-likeness (QED) is 0.873. The first-order valence-electron chi connectivity index (χ1n) is 8.08. The SMILES string of the molecule is O[C@@H]1C[C@@H](CN[C@@H]2CCCSC2)N(Cc2ccccc2)C1. The van der Waals surface area contributed by atoms with Crippen LogP contribution in [0.25, 0.3) is 0 Å². The van der Waals surface area contributed by atoms with E-state index in [4.69, 9.17) is 0 Å². The van der Waals surface area contributed by atoms with Crippen LogP contribution in [0, 0.1) is 0 Å². The zero-order valence-corrected chi connectivity index (χ0v) is 13.4. The molecule has 0 aliphatic carbocycles. The predicted octanol–water partition coefficient (Wildman–Crippen LogP) is 2.11. The van der Waals surface area contributed by atoms with Crippen molar-refractivity contribution < 1.29 is 5.11 Å². The monoisotopic (exact) mass is 306 g/mol. The maximum Gasteiger partial charge on any atom is 0.0682 e. The lowest BCUT2D eigenvalue weighted by Gasteiger charge is -2.28. The maximum absolute atomic E-state index is 10.0. The summed E-state index contributed by atoms with van der Waals surface area (Å²) in [5.41, 5.74) is 1.34. The Morgan fingerprint density at radius 3 is 2.90 bits per heavy atom. The normalized spacial score (nSPS) is 30.6. The van der Waals surface area contributed by atoms with Gasteiger partial charge in [-0.3, -0.25) is 4.90 Å². The molecule has 116 valence electrons. The molecule has 0 bridgehead atoms. The van der Waals surface area contributed by atoms with Crippen LogP contribution in [0.2, 0.25) is 0 Å². The van der Waals surface area contributed by atoms with Crippen LogP contribution in [0.4, 0.5) is 0 Å². The highest BCUT2D eigenvalue weighted by atomic mass is 32.2. The van der Waals surface area contributed by atoms with E-state index in [1.54, 1.807) is 0 Å². The molecule has 1 aromatic carbocycles. The summed E-state index contributed by atoms with van der Waals surface area (Å²) in [5.74, 6) is 2.56. The molecule has 3 rings (SSSR count). The number of hydrogen-bond acceptors (Lipinski definition) is 4. The molecule has 2 saturated heterocycles. The molecule has 2 aliphatic rings. The van der Waals surface area contributed by atoms with Gasteiger partial charge in [0.15, 0.2) is 0 Å². The molecule has 0 unspecified atom stereocenters. The van der Waals surface area contributed by atoms with Gasteiger partial charge in [0.25, 0.3) is 0 Å². The standard InChI is InChI=1S/C17H26N2OS/c20-17-9-16(10-18-15-7-4-8-21-13-15)19(12-17)11-14-5-2-1-3-6-14/h1-3,5-6,15-18,20H,4,7-13H2/t15-,16+,17-/m1/s1. The minimum absolute atomic E-state index is 0.166. The molecule has 0 radical (unpaired) electrons. The molecule has 3 nitrogen and oxygen atoms in total. The van der Waals surface area contributed by atoms with Crippen LogP contribution in [0.15, 0.2) is 30.3 Å². The van der Waals surface area contributed by atoms with Gasteiger partial charge in [0, 0.05) is 37.5 Å². The second-order valence-electron chi connectivity index (χ2n) is 6.28. The number of thioether (sulfide) groups is 1. The lowest BCUT2D eigenvalue weighted by atomic mass is 10.1. The van der Waals surface area contributed by atoms with Gasteiger partial charge in [-0.05, 0) is 30.6 Å². The third-order valence-electron chi connectivity index (χ3n) is 4.54. The molecule has 2 aliphatic heterocycles. The number of likely N-dealkylation sites (tertiary alicyclic amines) is 1. The van der Waals surface area contributed by atoms with Crippen LogP contribution >= 0.6 is 11.8 Å². The molecule has 3 atom stereocenters. The summed E-state index contributed by atoms with van der Waals surface area (Å²) in [4.78, 5) is 2.43. The Balaban J connectivity index is 1.52. The van der Waals surface area contributed by atoms with Crippen molar-refractivity contribution in [1.82, 2.24) is 10.2 Å². The number of aliphatic hydroxyl groups excluding tert-OH is 1. The van der Waals surface area contributed by atoms with Crippen molar-refractivity contribution in [3.63, 3.8) is 0 Å². The molecule has 1 aromatic rings. The van der Waals surface area contributed by atoms with E-state index in [0.29, 0.717) is 12.1 Å². The van der Waals surface area contributed by atoms with Crippen LogP contribution in [0.5, 0.6) is 0 Å². The van der Waals surface area contributed by atoms with Gasteiger partial charge < -0.3 is 10.4 Å². The zero-order valence-electron chi connectivity index (χ0n) is 12.6. The number of aliphatic hydroxyl groups is 1. The largest absolute Gasteiger partial charge is 0.392 e. The van der Waals surface area contributed by atoms with E-state index in [-0.39, 0.29) is 6.10 Å². The van der Waals surface area contributed by atoms with E-state index < -0.39 is 0 Å². The number of β-amino-alcohol motifs (C(OH)–C–C–N with tert-alkyl or cyclic N) is 1. The number of hydrogen-bond donors (Lipinski definition) is 2. The van der Waals surface area contributed by atoms with Crippen molar-refractivity contribution >= 4 is 11.8 Å². The van der Waals surface area contributed by atoms with Crippen LogP contribution in [0.3, 0.4) is 0 Å². The minimum Gasteiger partial charge on any atom is -0.392 e. The van der Waals surface area contributed by atoms with Gasteiger partial charge in [0.1, 0.15) is 0 Å². The Kier molecular flexibility index (Phi) is 5.58. The van der Waals surface area contributed by atoms with Gasteiger partial charge in [0.2, 0.25) is 0 Å². The Hall–Kier alpha value is -0.550. The van der Waals surface area contributed by atoms with Crippen molar-refractivity contribution in [2.24, 2.45) is 0 Å². The van der Waals surface area contributed by atoms with Gasteiger partial charge in [-0.25, -0.2) is 0 Å². The number of benzene rings is 1. The Morgan fingerprint density at radius 2 is 2.14 bits per heavy atom. The van der Waals surface area contributed by atoms with Crippen LogP contribution < -0.4 is 5.32 Å². The summed E-state index contributed by atoms with van der Waals surface area (Å²) in [6.07, 6.45) is 3.38. The van der Waals surface area contributed by atoms with E-state index in [1.807, 2.05) is 0 Å². The molecule has 0 saturated carbocycles. The van der Waals surface area contributed by atoms with E-state index in [9.17, 15) is 5.11 Å². The molecule has 0 amide bonds. The fraction of sp³-hybridized carbons (Fsp3) is 0.647. The van der Waals surface area contributed by atoms with Crippen molar-refractivity contribution in [1.29, 1.82) is 0 Å². The highest BCUT2D eigenvalue weighted by Crippen LogP contribution is 2.22. The highest BCUT2D eigenvalue weighted by molar-refractivity contribution is 7.99. The molecular weight excluding hydrogens is 280 g/mol. The summed E-state index contributed by atoms with van der Waals surface area (Å²) >= 11 is 2.06. The molecule has 2 N–H and O–H groups in total. The predicted molar refractivity (Wildman–Crippen MR) is 89.6 cm³/mol. The molecule has 2 heterocycles. The maximum atomic E-state index is 10.0. The average molecular weight is 306 g/mol. The van der Waals surface area contributed by atoms with Crippen LogP contribution in [-0.4, -0.2) is 52.8 Å². The topological polar surface area (TPSA) is 35.5 Å². The Morgan fingerprint density at radius 1 is 1.29 bits per heavy atom. The first kappa shape index (κ1) is 15.3. The fourth-order valence-electron chi connectivity index (χ4n) is 3.39. The lowest BCUT2D eigenvalue weighted by Crippen LogP contribution is -2.43. The summed E-state index contributed by atoms with van der Waals surface area (Å²) in [6.45, 7) is 2.76. The molecule has 21 heavy (non-hydrogen) atoms. The van der Waals surface area contributed by atoms with E-state index in [0.717, 1.165) is 26.1 Å². The molecule has 4 heteroatoms. The van der Waals surface area contributed by atoms with E-state index in [1.165, 1.54) is 29.9 Å². The summed E-state index contributed by atoms with van der Waals surface area (Å²) in [5, 5.41) is 13.7. The fourth-order valence-corrected chi connectivity index (χ4v) is 4.49. The lowest BCUT2D eigenvalue weighted by molar-refractivity contribution is 0.172. The van der Waals surface area contributed by atoms with Crippen LogP contribution in [-0.2, 0) is 6.54 Å². The molecular formula is C17H26N2OS. The van der Waals surface area contributed by atoms with E-state index >= 15 is 0 Å². The van der Waals surface area contributed by atoms with Crippen molar-refractivity contribution in [2.45, 2.75) is 44.0 Å². The molecule has 2 fully saturated rings. The minimum atomic E-state index is -0.166. The first-order valence-corrected chi connectivity index (χ1v) is 9.24. The van der Waals surface area contributed by atoms with Crippen molar-refractivity contribution in [2.75, 3.05) is 24.6 Å². The van der Waals surface area contributed by atoms with Gasteiger partial charge in [0.05, 0.1) is 6.10 Å². The second kappa shape index (κ2) is 7.63. The molecule has 0 aromatic heterocycles. The average Bonchev–Trinajstić information content (AvgIpc) is 2.87. The Labute approximate surface area is 132 Å². The Bertz CT molecular complexity index is 422. The third-order valence-corrected chi connectivity index (χ3v) is 5.75. The van der Waals surface area contributed by atoms with Gasteiger partial charge in [-0.2, -0.15) is 11.8 Å². The smallest absolute Gasteiger partial charge is 0.0682 e. The van der Waals surface area contributed by atoms with Crippen molar-refractivity contribution in [3.8, 4) is 0 Å². The number of nitrogens with zero attached hydrogens (tertiary/aromatic N) is 1. The second-order valence-corrected chi connectivity index (χ2v) is 7.43. The van der Waals surface area contributed by atoms with E-state index in [2.05, 4.69) is 52.3 Å². The molecule has 0 spiro atoms. The van der Waals surface area contributed by atoms with Gasteiger partial charge in [-0.1, -0.05) is 30.3 Å². The van der Waals surface area contributed by atoms with Gasteiger partial charge in [-0.15, -0.1) is 0 Å². The summed E-state index contributed by atoms with van der Waals surface area (Å²) in [6, 6.07) is 11.7. The first-order chi connectivity index (χ1) is 10.3. The summed E-state index contributed by atoms with van der Waals surface area (Å²) < 4.78 is 0. The number of nitrogens with one attached hydrogen (secondary N) is 1. The number of rotatable bonds is 5. The third kappa shape index (κ3) is 4.46. The van der Waals surface area contributed by atoms with Crippen LogP contribution in [0.1, 0.15) is 24.8 Å². The summed E-state index contributed by atoms with van der Waals surface area (Å²) in [7, 11) is 0.